The number of hydrogen-bond donors (Lipinski definition) is 1. The molecule has 1 fully saturated rings. The van der Waals surface area contributed by atoms with Gasteiger partial charge in [-0.1, -0.05) is 24.3 Å². The first-order chi connectivity index (χ1) is 13.1. The SMILES string of the molecule is COc1ccccc1C(C)N(C)C(=O)CN1CCNCC1c1cccnc1. The van der Waals surface area contributed by atoms with Crippen LogP contribution in [0.1, 0.15) is 30.1 Å². The number of carbonyl (C=O) groups excluding carboxylic acids is 1. The first-order valence-corrected chi connectivity index (χ1v) is 9.35. The zero-order chi connectivity index (χ0) is 19.2. The summed E-state index contributed by atoms with van der Waals surface area (Å²) in [6, 6.07) is 12.0. The van der Waals surface area contributed by atoms with Crippen LogP contribution in [-0.2, 0) is 4.79 Å². The second kappa shape index (κ2) is 8.97. The largest absolute Gasteiger partial charge is 0.496 e. The van der Waals surface area contributed by atoms with Gasteiger partial charge in [0.1, 0.15) is 5.75 Å². The molecule has 2 unspecified atom stereocenters. The molecule has 0 saturated carbocycles. The number of pyridine rings is 1. The van der Waals surface area contributed by atoms with E-state index in [2.05, 4.69) is 21.3 Å². The fourth-order valence-electron chi connectivity index (χ4n) is 3.56. The molecule has 0 aliphatic carbocycles. The second-order valence-corrected chi connectivity index (χ2v) is 6.90. The lowest BCUT2D eigenvalue weighted by atomic mass is 10.0. The number of rotatable bonds is 6. The average Bonchev–Trinajstić information content (AvgIpc) is 2.73. The summed E-state index contributed by atoms with van der Waals surface area (Å²) in [5.41, 5.74) is 2.15. The zero-order valence-corrected chi connectivity index (χ0v) is 16.3. The number of carbonyl (C=O) groups is 1. The minimum Gasteiger partial charge on any atom is -0.496 e. The molecule has 1 saturated heterocycles. The number of likely N-dealkylation sites (N-methyl/N-ethyl adjacent to an activating group) is 1. The van der Waals surface area contributed by atoms with Gasteiger partial charge in [0, 0.05) is 50.7 Å². The highest BCUT2D eigenvalue weighted by atomic mass is 16.5. The van der Waals surface area contributed by atoms with Crippen molar-refractivity contribution in [1.29, 1.82) is 0 Å². The number of hydrogen-bond acceptors (Lipinski definition) is 5. The molecule has 0 bridgehead atoms. The first kappa shape index (κ1) is 19.3. The van der Waals surface area contributed by atoms with Gasteiger partial charge in [0.15, 0.2) is 0 Å². The Morgan fingerprint density at radius 2 is 2.19 bits per heavy atom. The van der Waals surface area contributed by atoms with Gasteiger partial charge >= 0.3 is 0 Å². The number of piperazine rings is 1. The minimum absolute atomic E-state index is 0.0617. The van der Waals surface area contributed by atoms with Gasteiger partial charge in [0.05, 0.1) is 19.7 Å². The summed E-state index contributed by atoms with van der Waals surface area (Å²) in [5.74, 6) is 0.907. The van der Waals surface area contributed by atoms with E-state index < -0.39 is 0 Å². The van der Waals surface area contributed by atoms with Crippen LogP contribution in [0.4, 0.5) is 0 Å². The van der Waals surface area contributed by atoms with Crippen LogP contribution in [0.25, 0.3) is 0 Å². The molecule has 6 nitrogen and oxygen atoms in total. The van der Waals surface area contributed by atoms with Crippen LogP contribution in [-0.4, -0.2) is 61.0 Å². The summed E-state index contributed by atoms with van der Waals surface area (Å²) in [6.07, 6.45) is 3.66. The number of para-hydroxylation sites is 1. The predicted octanol–water partition coefficient (Wildman–Crippen LogP) is 2.26. The molecular formula is C21H28N4O2. The molecule has 1 amide bonds. The fraction of sp³-hybridized carbons (Fsp3) is 0.429. The van der Waals surface area contributed by atoms with E-state index in [0.717, 1.165) is 36.5 Å². The Bertz CT molecular complexity index is 753. The van der Waals surface area contributed by atoms with E-state index in [4.69, 9.17) is 4.74 Å². The molecule has 2 atom stereocenters. The summed E-state index contributed by atoms with van der Waals surface area (Å²) in [6.45, 7) is 4.96. The average molecular weight is 368 g/mol. The third-order valence-electron chi connectivity index (χ3n) is 5.33. The molecule has 27 heavy (non-hydrogen) atoms. The van der Waals surface area contributed by atoms with Crippen molar-refractivity contribution in [3.8, 4) is 5.75 Å². The number of ether oxygens (including phenoxy) is 1. The summed E-state index contributed by atoms with van der Waals surface area (Å²) < 4.78 is 5.46. The molecule has 3 rings (SSSR count). The number of benzene rings is 1. The van der Waals surface area contributed by atoms with E-state index in [0.29, 0.717) is 6.54 Å². The highest BCUT2D eigenvalue weighted by Crippen LogP contribution is 2.28. The van der Waals surface area contributed by atoms with Crippen LogP contribution in [0.3, 0.4) is 0 Å². The fourth-order valence-corrected chi connectivity index (χ4v) is 3.56. The van der Waals surface area contributed by atoms with Gasteiger partial charge in [-0.2, -0.15) is 0 Å². The van der Waals surface area contributed by atoms with Crippen LogP contribution in [0.5, 0.6) is 5.75 Å². The molecule has 0 spiro atoms. The van der Waals surface area contributed by atoms with E-state index in [1.165, 1.54) is 0 Å². The highest BCUT2D eigenvalue weighted by molar-refractivity contribution is 5.78. The molecule has 1 aliphatic rings. The number of nitrogens with zero attached hydrogens (tertiary/aromatic N) is 3. The first-order valence-electron chi connectivity index (χ1n) is 9.35. The third-order valence-corrected chi connectivity index (χ3v) is 5.33. The lowest BCUT2D eigenvalue weighted by Crippen LogP contribution is -2.50. The maximum absolute atomic E-state index is 13.0. The standard InChI is InChI=1S/C21H28N4O2/c1-16(18-8-4-5-9-20(18)27-3)24(2)21(26)15-25-12-11-23-14-19(25)17-7-6-10-22-13-17/h4-10,13,16,19,23H,11-12,14-15H2,1-3H3. The van der Waals surface area contributed by atoms with E-state index in [1.54, 1.807) is 18.2 Å². The van der Waals surface area contributed by atoms with Gasteiger partial charge in [-0.15, -0.1) is 0 Å². The highest BCUT2D eigenvalue weighted by Gasteiger charge is 2.28. The van der Waals surface area contributed by atoms with E-state index >= 15 is 0 Å². The summed E-state index contributed by atoms with van der Waals surface area (Å²) in [5, 5.41) is 3.42. The maximum Gasteiger partial charge on any atom is 0.237 e. The molecule has 0 radical (unpaired) electrons. The molecule has 144 valence electrons. The van der Waals surface area contributed by atoms with Gasteiger partial charge in [-0.3, -0.25) is 14.7 Å². The van der Waals surface area contributed by atoms with Crippen LogP contribution < -0.4 is 10.1 Å². The molecular weight excluding hydrogens is 340 g/mol. The van der Waals surface area contributed by atoms with Gasteiger partial charge in [-0.25, -0.2) is 0 Å². The Kier molecular flexibility index (Phi) is 6.42. The summed E-state index contributed by atoms with van der Waals surface area (Å²) in [7, 11) is 3.52. The molecule has 1 aliphatic heterocycles. The lowest BCUT2D eigenvalue weighted by molar-refractivity contribution is -0.133. The molecule has 2 aromatic rings. The smallest absolute Gasteiger partial charge is 0.237 e. The Labute approximate surface area is 161 Å². The monoisotopic (exact) mass is 368 g/mol. The van der Waals surface area contributed by atoms with Crippen molar-refractivity contribution < 1.29 is 9.53 Å². The van der Waals surface area contributed by atoms with Crippen LogP contribution in [0.15, 0.2) is 48.8 Å². The zero-order valence-electron chi connectivity index (χ0n) is 16.3. The molecule has 1 N–H and O–H groups in total. The number of amides is 1. The van der Waals surface area contributed by atoms with Gasteiger partial charge in [0.25, 0.3) is 0 Å². The van der Waals surface area contributed by atoms with E-state index in [1.807, 2.05) is 50.5 Å². The van der Waals surface area contributed by atoms with Crippen molar-refractivity contribution in [2.75, 3.05) is 40.3 Å². The van der Waals surface area contributed by atoms with Crippen LogP contribution in [0, 0.1) is 0 Å². The number of nitrogens with one attached hydrogen (secondary N) is 1. The molecule has 2 heterocycles. The Morgan fingerprint density at radius 3 is 2.93 bits per heavy atom. The minimum atomic E-state index is -0.0617. The van der Waals surface area contributed by atoms with Crippen molar-refractivity contribution in [2.45, 2.75) is 19.0 Å². The number of methoxy groups -OCH3 is 1. The third kappa shape index (κ3) is 4.46. The van der Waals surface area contributed by atoms with Gasteiger partial charge in [-0.05, 0) is 24.6 Å². The van der Waals surface area contributed by atoms with Crippen LogP contribution in [0.2, 0.25) is 0 Å². The Balaban J connectivity index is 1.71. The normalized spacial score (nSPS) is 18.7. The van der Waals surface area contributed by atoms with Crippen molar-refractivity contribution in [3.05, 3.63) is 59.9 Å². The second-order valence-electron chi connectivity index (χ2n) is 6.90. The van der Waals surface area contributed by atoms with Crippen molar-refractivity contribution >= 4 is 5.91 Å². The molecule has 6 heteroatoms. The van der Waals surface area contributed by atoms with Gasteiger partial charge in [0.2, 0.25) is 5.91 Å². The quantitative estimate of drug-likeness (QED) is 0.848. The van der Waals surface area contributed by atoms with Crippen molar-refractivity contribution in [2.24, 2.45) is 0 Å². The summed E-state index contributed by atoms with van der Waals surface area (Å²) in [4.78, 5) is 21.3. The lowest BCUT2D eigenvalue weighted by Gasteiger charge is -2.37. The maximum atomic E-state index is 13.0. The van der Waals surface area contributed by atoms with E-state index in [9.17, 15) is 4.79 Å². The Morgan fingerprint density at radius 1 is 1.37 bits per heavy atom. The molecule has 1 aromatic heterocycles. The van der Waals surface area contributed by atoms with E-state index in [-0.39, 0.29) is 18.0 Å². The van der Waals surface area contributed by atoms with Crippen molar-refractivity contribution in [3.63, 3.8) is 0 Å². The van der Waals surface area contributed by atoms with Crippen molar-refractivity contribution in [1.82, 2.24) is 20.1 Å². The topological polar surface area (TPSA) is 57.7 Å². The molecule has 1 aromatic carbocycles. The number of aromatic nitrogens is 1. The van der Waals surface area contributed by atoms with Gasteiger partial charge < -0.3 is 15.0 Å². The van der Waals surface area contributed by atoms with Crippen LogP contribution >= 0.6 is 0 Å². The summed E-state index contributed by atoms with van der Waals surface area (Å²) >= 11 is 0. The Hall–Kier alpha value is -2.44. The predicted molar refractivity (Wildman–Crippen MR) is 106 cm³/mol.